The molecule has 0 bridgehead atoms. The van der Waals surface area contributed by atoms with Crippen LogP contribution in [0.25, 0.3) is 0 Å². The number of hydrogen-bond acceptors (Lipinski definition) is 6. The second kappa shape index (κ2) is 8.75. The van der Waals surface area contributed by atoms with Crippen molar-refractivity contribution in [2.24, 2.45) is 0 Å². The minimum absolute atomic E-state index is 0.205. The van der Waals surface area contributed by atoms with Crippen molar-refractivity contribution in [2.75, 3.05) is 37.6 Å². The summed E-state index contributed by atoms with van der Waals surface area (Å²) in [6.07, 6.45) is 9.00. The molecule has 2 heterocycles. The zero-order valence-corrected chi connectivity index (χ0v) is 14.5. The summed E-state index contributed by atoms with van der Waals surface area (Å²) in [4.78, 5) is 36.6. The van der Waals surface area contributed by atoms with Crippen LogP contribution < -0.4 is 15.5 Å². The molecule has 8 nitrogen and oxygen atoms in total. The first-order valence-electron chi connectivity index (χ1n) is 9.05. The first-order chi connectivity index (χ1) is 12.2. The number of imide groups is 1. The van der Waals surface area contributed by atoms with Gasteiger partial charge >= 0.3 is 6.03 Å². The second-order valence-corrected chi connectivity index (χ2v) is 6.67. The fourth-order valence-electron chi connectivity index (χ4n) is 3.40. The quantitative estimate of drug-likeness (QED) is 0.836. The Bertz CT molecular complexity index is 568. The van der Waals surface area contributed by atoms with Gasteiger partial charge in [-0.2, -0.15) is 0 Å². The molecule has 2 aliphatic rings. The number of rotatable bonds is 4. The molecule has 1 aromatic rings. The van der Waals surface area contributed by atoms with E-state index in [2.05, 4.69) is 25.5 Å². The number of aromatic nitrogens is 2. The Balaban J connectivity index is 1.36. The van der Waals surface area contributed by atoms with Gasteiger partial charge in [0.15, 0.2) is 0 Å². The Morgan fingerprint density at radius 3 is 2.40 bits per heavy atom. The summed E-state index contributed by atoms with van der Waals surface area (Å²) in [5.41, 5.74) is 0. The van der Waals surface area contributed by atoms with Crippen molar-refractivity contribution >= 4 is 17.9 Å². The molecule has 0 aromatic carbocycles. The molecule has 136 valence electrons. The van der Waals surface area contributed by atoms with Gasteiger partial charge in [-0.3, -0.25) is 15.0 Å². The molecule has 1 saturated carbocycles. The number of carbonyl (C=O) groups excluding carboxylic acids is 2. The molecule has 3 amide bonds. The number of nitrogens with zero attached hydrogens (tertiary/aromatic N) is 4. The lowest BCUT2D eigenvalue weighted by atomic mass is 9.96. The van der Waals surface area contributed by atoms with Crippen molar-refractivity contribution in [1.82, 2.24) is 25.5 Å². The van der Waals surface area contributed by atoms with Crippen LogP contribution in [0.4, 0.5) is 10.7 Å². The van der Waals surface area contributed by atoms with E-state index in [-0.39, 0.29) is 24.5 Å². The average molecular weight is 346 g/mol. The van der Waals surface area contributed by atoms with E-state index < -0.39 is 0 Å². The van der Waals surface area contributed by atoms with Gasteiger partial charge in [0.2, 0.25) is 11.9 Å². The van der Waals surface area contributed by atoms with E-state index in [9.17, 15) is 9.59 Å². The van der Waals surface area contributed by atoms with E-state index in [0.29, 0.717) is 0 Å². The number of urea groups is 1. The van der Waals surface area contributed by atoms with Crippen LogP contribution in [0.15, 0.2) is 18.5 Å². The molecule has 8 heteroatoms. The average Bonchev–Trinajstić information content (AvgIpc) is 2.63. The monoisotopic (exact) mass is 346 g/mol. The van der Waals surface area contributed by atoms with Gasteiger partial charge in [0.05, 0.1) is 6.54 Å². The van der Waals surface area contributed by atoms with E-state index in [0.717, 1.165) is 57.8 Å². The first kappa shape index (κ1) is 17.6. The van der Waals surface area contributed by atoms with Crippen molar-refractivity contribution in [2.45, 2.75) is 38.1 Å². The molecule has 1 aromatic heterocycles. The van der Waals surface area contributed by atoms with Gasteiger partial charge in [-0.1, -0.05) is 19.3 Å². The van der Waals surface area contributed by atoms with Gasteiger partial charge in [-0.25, -0.2) is 14.8 Å². The van der Waals surface area contributed by atoms with Crippen molar-refractivity contribution in [3.8, 4) is 0 Å². The first-order valence-corrected chi connectivity index (χ1v) is 9.05. The van der Waals surface area contributed by atoms with Gasteiger partial charge in [0.1, 0.15) is 0 Å². The molecule has 1 aliphatic heterocycles. The van der Waals surface area contributed by atoms with Crippen molar-refractivity contribution in [3.63, 3.8) is 0 Å². The SMILES string of the molecule is O=C(CN1CCN(c2ncccn2)CC1)NC(=O)NC1CCCCC1. The van der Waals surface area contributed by atoms with Gasteiger partial charge < -0.3 is 10.2 Å². The largest absolute Gasteiger partial charge is 0.338 e. The zero-order valence-electron chi connectivity index (χ0n) is 14.5. The third-order valence-electron chi connectivity index (χ3n) is 4.77. The topological polar surface area (TPSA) is 90.5 Å². The number of nitrogens with one attached hydrogen (secondary N) is 2. The Morgan fingerprint density at radius 2 is 1.72 bits per heavy atom. The highest BCUT2D eigenvalue weighted by atomic mass is 16.2. The molecule has 1 saturated heterocycles. The lowest BCUT2D eigenvalue weighted by molar-refractivity contribution is -0.121. The van der Waals surface area contributed by atoms with Crippen LogP contribution >= 0.6 is 0 Å². The van der Waals surface area contributed by atoms with E-state index in [1.807, 2.05) is 4.90 Å². The molecule has 0 radical (unpaired) electrons. The third-order valence-corrected chi connectivity index (χ3v) is 4.77. The molecular formula is C17H26N6O2. The summed E-state index contributed by atoms with van der Waals surface area (Å²) >= 11 is 0. The maximum atomic E-state index is 12.1. The molecule has 0 spiro atoms. The van der Waals surface area contributed by atoms with Crippen LogP contribution in [0.5, 0.6) is 0 Å². The van der Waals surface area contributed by atoms with Crippen LogP contribution in [0.3, 0.4) is 0 Å². The molecule has 3 rings (SSSR count). The maximum Gasteiger partial charge on any atom is 0.321 e. The Labute approximate surface area is 148 Å². The summed E-state index contributed by atoms with van der Waals surface area (Å²) in [6, 6.07) is 1.63. The smallest absolute Gasteiger partial charge is 0.321 e. The fraction of sp³-hybridized carbons (Fsp3) is 0.647. The van der Waals surface area contributed by atoms with E-state index in [4.69, 9.17) is 0 Å². The summed E-state index contributed by atoms with van der Waals surface area (Å²) in [5, 5.41) is 5.35. The predicted octanol–water partition coefficient (Wildman–Crippen LogP) is 0.757. The molecule has 2 N–H and O–H groups in total. The molecule has 0 atom stereocenters. The molecule has 25 heavy (non-hydrogen) atoms. The number of piperazine rings is 1. The van der Waals surface area contributed by atoms with Gasteiger partial charge in [0.25, 0.3) is 0 Å². The van der Waals surface area contributed by atoms with Crippen molar-refractivity contribution in [3.05, 3.63) is 18.5 Å². The number of amides is 3. The maximum absolute atomic E-state index is 12.1. The minimum Gasteiger partial charge on any atom is -0.338 e. The Hall–Kier alpha value is -2.22. The minimum atomic E-state index is -0.367. The summed E-state index contributed by atoms with van der Waals surface area (Å²) in [6.45, 7) is 3.27. The second-order valence-electron chi connectivity index (χ2n) is 6.67. The highest BCUT2D eigenvalue weighted by Crippen LogP contribution is 2.17. The highest BCUT2D eigenvalue weighted by Gasteiger charge is 2.22. The summed E-state index contributed by atoms with van der Waals surface area (Å²) < 4.78 is 0. The Morgan fingerprint density at radius 1 is 1.04 bits per heavy atom. The Kier molecular flexibility index (Phi) is 6.16. The van der Waals surface area contributed by atoms with E-state index in [1.165, 1.54) is 6.42 Å². The predicted molar refractivity (Wildman–Crippen MR) is 94.2 cm³/mol. The number of hydrogen-bond donors (Lipinski definition) is 2. The van der Waals surface area contributed by atoms with Gasteiger partial charge in [0, 0.05) is 44.6 Å². The lowest BCUT2D eigenvalue weighted by Gasteiger charge is -2.34. The fourth-order valence-corrected chi connectivity index (χ4v) is 3.40. The van der Waals surface area contributed by atoms with Crippen LogP contribution in [0, 0.1) is 0 Å². The highest BCUT2D eigenvalue weighted by molar-refractivity contribution is 5.95. The number of anilines is 1. The zero-order chi connectivity index (χ0) is 17.5. The lowest BCUT2D eigenvalue weighted by Crippen LogP contribution is -2.52. The van der Waals surface area contributed by atoms with Gasteiger partial charge in [-0.05, 0) is 18.9 Å². The van der Waals surface area contributed by atoms with E-state index >= 15 is 0 Å². The van der Waals surface area contributed by atoms with Crippen LogP contribution in [-0.4, -0.2) is 65.6 Å². The van der Waals surface area contributed by atoms with E-state index in [1.54, 1.807) is 18.5 Å². The van der Waals surface area contributed by atoms with Crippen LogP contribution in [-0.2, 0) is 4.79 Å². The third kappa shape index (κ3) is 5.38. The normalized spacial score (nSPS) is 19.4. The van der Waals surface area contributed by atoms with Crippen molar-refractivity contribution in [1.29, 1.82) is 0 Å². The van der Waals surface area contributed by atoms with Crippen LogP contribution in [0.1, 0.15) is 32.1 Å². The molecular weight excluding hydrogens is 320 g/mol. The van der Waals surface area contributed by atoms with Crippen molar-refractivity contribution < 1.29 is 9.59 Å². The summed E-state index contributed by atoms with van der Waals surface area (Å²) in [5.74, 6) is 0.469. The standard InChI is InChI=1S/C17H26N6O2/c24-15(21-17(25)20-14-5-2-1-3-6-14)13-22-9-11-23(12-10-22)16-18-7-4-8-19-16/h4,7-8,14H,1-3,5-6,9-13H2,(H2,20,21,24,25). The summed E-state index contributed by atoms with van der Waals surface area (Å²) in [7, 11) is 0. The van der Waals surface area contributed by atoms with Crippen LogP contribution in [0.2, 0.25) is 0 Å². The number of carbonyl (C=O) groups is 2. The van der Waals surface area contributed by atoms with Gasteiger partial charge in [-0.15, -0.1) is 0 Å². The molecule has 0 unspecified atom stereocenters. The molecule has 1 aliphatic carbocycles. The molecule has 2 fully saturated rings.